The number of halogens is 3. The van der Waals surface area contributed by atoms with Gasteiger partial charge in [-0.1, -0.05) is 12.1 Å². The second-order valence-electron chi connectivity index (χ2n) is 2.91. The van der Waals surface area contributed by atoms with Crippen molar-refractivity contribution in [3.8, 4) is 0 Å². The second-order valence-corrected chi connectivity index (χ2v) is 2.91. The average Bonchev–Trinajstić information content (AvgIpc) is 2.07. The molecule has 1 aromatic rings. The van der Waals surface area contributed by atoms with Gasteiger partial charge in [-0.15, -0.1) is 0 Å². The Labute approximate surface area is 79.4 Å². The summed E-state index contributed by atoms with van der Waals surface area (Å²) in [7, 11) is 0. The fourth-order valence-corrected chi connectivity index (χ4v) is 1.24. The summed E-state index contributed by atoms with van der Waals surface area (Å²) in [6, 6.07) is 3.96. The Morgan fingerprint density at radius 3 is 2.50 bits per heavy atom. The zero-order chi connectivity index (χ0) is 10.8. The van der Waals surface area contributed by atoms with Gasteiger partial charge in [0, 0.05) is 0 Å². The number of hydrogen-bond acceptors (Lipinski definition) is 2. The van der Waals surface area contributed by atoms with E-state index in [1.165, 1.54) is 6.07 Å². The minimum absolute atomic E-state index is 0.0856. The van der Waals surface area contributed by atoms with E-state index in [9.17, 15) is 13.2 Å². The Morgan fingerprint density at radius 2 is 2.00 bits per heavy atom. The molecule has 5 heteroatoms. The third kappa shape index (κ3) is 2.24. The van der Waals surface area contributed by atoms with Gasteiger partial charge in [0.1, 0.15) is 0 Å². The number of aryl methyl sites for hydroxylation is 1. The molecule has 1 rings (SSSR count). The molecule has 0 atom stereocenters. The lowest BCUT2D eigenvalue weighted by Crippen LogP contribution is -2.12. The zero-order valence-electron chi connectivity index (χ0n) is 7.56. The Hall–Kier alpha value is -1.07. The maximum Gasteiger partial charge on any atom is 0.416 e. The molecule has 0 aliphatic rings. The molecular formula is C9H10F3NO. The number of hydrogen-bond donors (Lipinski definition) is 1. The Morgan fingerprint density at radius 1 is 1.36 bits per heavy atom. The maximum absolute atomic E-state index is 12.5. The molecule has 0 fully saturated rings. The number of benzene rings is 1. The van der Waals surface area contributed by atoms with Crippen LogP contribution in [0, 0.1) is 6.92 Å². The predicted octanol–water partition coefficient (Wildman–Crippen LogP) is 2.40. The van der Waals surface area contributed by atoms with Crippen LogP contribution < -0.4 is 5.90 Å². The molecule has 14 heavy (non-hydrogen) atoms. The molecule has 0 aliphatic carbocycles. The van der Waals surface area contributed by atoms with E-state index >= 15 is 0 Å². The van der Waals surface area contributed by atoms with Gasteiger partial charge in [0.25, 0.3) is 0 Å². The van der Waals surface area contributed by atoms with E-state index in [0.29, 0.717) is 5.56 Å². The van der Waals surface area contributed by atoms with Crippen molar-refractivity contribution in [2.45, 2.75) is 19.7 Å². The van der Waals surface area contributed by atoms with Crippen LogP contribution in [0.1, 0.15) is 16.7 Å². The third-order valence-electron chi connectivity index (χ3n) is 1.94. The van der Waals surface area contributed by atoms with Crippen molar-refractivity contribution in [3.05, 3.63) is 34.9 Å². The van der Waals surface area contributed by atoms with Crippen LogP contribution in [0.4, 0.5) is 13.2 Å². The van der Waals surface area contributed by atoms with Crippen LogP contribution in [0.15, 0.2) is 18.2 Å². The first-order chi connectivity index (χ1) is 6.46. The Kier molecular flexibility index (Phi) is 3.13. The van der Waals surface area contributed by atoms with Gasteiger partial charge in [0.15, 0.2) is 0 Å². The van der Waals surface area contributed by atoms with Gasteiger partial charge in [-0.05, 0) is 24.1 Å². The SMILES string of the molecule is Cc1cccc(C(F)(F)F)c1CON. The molecule has 0 aromatic heterocycles. The van der Waals surface area contributed by atoms with E-state index in [4.69, 9.17) is 5.90 Å². The van der Waals surface area contributed by atoms with Crippen LogP contribution in [-0.2, 0) is 17.6 Å². The summed E-state index contributed by atoms with van der Waals surface area (Å²) < 4.78 is 37.4. The van der Waals surface area contributed by atoms with Crippen molar-refractivity contribution in [2.24, 2.45) is 5.90 Å². The van der Waals surface area contributed by atoms with Gasteiger partial charge >= 0.3 is 6.18 Å². The lowest BCUT2D eigenvalue weighted by Gasteiger charge is -2.13. The maximum atomic E-state index is 12.5. The summed E-state index contributed by atoms with van der Waals surface area (Å²) in [5.74, 6) is 4.77. The first-order valence-corrected chi connectivity index (χ1v) is 3.94. The first-order valence-electron chi connectivity index (χ1n) is 3.94. The monoisotopic (exact) mass is 205 g/mol. The van der Waals surface area contributed by atoms with Crippen LogP contribution in [0.2, 0.25) is 0 Å². The van der Waals surface area contributed by atoms with Crippen molar-refractivity contribution in [2.75, 3.05) is 0 Å². The van der Waals surface area contributed by atoms with Crippen molar-refractivity contribution < 1.29 is 18.0 Å². The highest BCUT2D eigenvalue weighted by Crippen LogP contribution is 2.33. The molecule has 0 radical (unpaired) electrons. The zero-order valence-corrected chi connectivity index (χ0v) is 7.56. The van der Waals surface area contributed by atoms with Gasteiger partial charge in [-0.3, -0.25) is 4.84 Å². The lowest BCUT2D eigenvalue weighted by atomic mass is 10.0. The first kappa shape index (κ1) is 11.0. The number of rotatable bonds is 2. The molecular weight excluding hydrogens is 195 g/mol. The predicted molar refractivity (Wildman–Crippen MR) is 45.2 cm³/mol. The summed E-state index contributed by atoms with van der Waals surface area (Å²) in [4.78, 5) is 4.24. The van der Waals surface area contributed by atoms with Gasteiger partial charge in [-0.25, -0.2) is 5.90 Å². The van der Waals surface area contributed by atoms with Crippen LogP contribution in [0.5, 0.6) is 0 Å². The molecule has 0 unspecified atom stereocenters. The summed E-state index contributed by atoms with van der Waals surface area (Å²) >= 11 is 0. The molecule has 2 N–H and O–H groups in total. The van der Waals surface area contributed by atoms with Crippen LogP contribution in [0.3, 0.4) is 0 Å². The average molecular weight is 205 g/mol. The molecule has 0 aliphatic heterocycles. The minimum Gasteiger partial charge on any atom is -0.300 e. The van der Waals surface area contributed by atoms with E-state index in [1.807, 2.05) is 0 Å². The van der Waals surface area contributed by atoms with Crippen molar-refractivity contribution in [1.82, 2.24) is 0 Å². The Balaban J connectivity index is 3.21. The normalized spacial score (nSPS) is 11.8. The van der Waals surface area contributed by atoms with Gasteiger partial charge in [0.2, 0.25) is 0 Å². The van der Waals surface area contributed by atoms with E-state index in [-0.39, 0.29) is 12.2 Å². The second kappa shape index (κ2) is 3.98. The molecule has 0 saturated heterocycles. The summed E-state index contributed by atoms with van der Waals surface area (Å²) in [6.07, 6.45) is -4.36. The Bertz CT molecular complexity index is 322. The molecule has 0 amide bonds. The summed E-state index contributed by atoms with van der Waals surface area (Å²) in [5, 5.41) is 0. The highest BCUT2D eigenvalue weighted by atomic mass is 19.4. The van der Waals surface area contributed by atoms with Crippen molar-refractivity contribution in [3.63, 3.8) is 0 Å². The molecule has 1 aromatic carbocycles. The molecule has 0 heterocycles. The lowest BCUT2D eigenvalue weighted by molar-refractivity contribution is -0.139. The molecule has 0 bridgehead atoms. The fraction of sp³-hybridized carbons (Fsp3) is 0.333. The van der Waals surface area contributed by atoms with E-state index < -0.39 is 11.7 Å². The number of nitrogens with two attached hydrogens (primary N) is 1. The molecule has 2 nitrogen and oxygen atoms in total. The smallest absolute Gasteiger partial charge is 0.300 e. The van der Waals surface area contributed by atoms with E-state index in [0.717, 1.165) is 6.07 Å². The van der Waals surface area contributed by atoms with E-state index in [1.54, 1.807) is 13.0 Å². The third-order valence-corrected chi connectivity index (χ3v) is 1.94. The van der Waals surface area contributed by atoms with Gasteiger partial charge in [0.05, 0.1) is 12.2 Å². The number of alkyl halides is 3. The standard InChI is InChI=1S/C9H10F3NO/c1-6-3-2-4-8(9(10,11)12)7(6)5-14-13/h2-4H,5,13H2,1H3. The minimum atomic E-state index is -4.36. The quantitative estimate of drug-likeness (QED) is 0.752. The highest BCUT2D eigenvalue weighted by molar-refractivity contribution is 5.35. The van der Waals surface area contributed by atoms with Crippen LogP contribution in [-0.4, -0.2) is 0 Å². The van der Waals surface area contributed by atoms with Crippen molar-refractivity contribution >= 4 is 0 Å². The molecule has 0 spiro atoms. The van der Waals surface area contributed by atoms with Gasteiger partial charge in [-0.2, -0.15) is 13.2 Å². The highest BCUT2D eigenvalue weighted by Gasteiger charge is 2.33. The largest absolute Gasteiger partial charge is 0.416 e. The van der Waals surface area contributed by atoms with E-state index in [2.05, 4.69) is 4.84 Å². The molecule has 0 saturated carbocycles. The summed E-state index contributed by atoms with van der Waals surface area (Å²) in [6.45, 7) is 1.35. The van der Waals surface area contributed by atoms with Gasteiger partial charge < -0.3 is 0 Å². The fourth-order valence-electron chi connectivity index (χ4n) is 1.24. The topological polar surface area (TPSA) is 35.2 Å². The van der Waals surface area contributed by atoms with Crippen molar-refractivity contribution in [1.29, 1.82) is 0 Å². The summed E-state index contributed by atoms with van der Waals surface area (Å²) in [5.41, 5.74) is -0.0873. The van der Waals surface area contributed by atoms with Crippen LogP contribution >= 0.6 is 0 Å². The molecule has 78 valence electrons. The van der Waals surface area contributed by atoms with Crippen LogP contribution in [0.25, 0.3) is 0 Å².